The molecule has 0 saturated heterocycles. The molecule has 0 spiro atoms. The number of benzene rings is 1. The van der Waals surface area contributed by atoms with E-state index in [9.17, 15) is 0 Å². The lowest BCUT2D eigenvalue weighted by Crippen LogP contribution is -2.18. The minimum Gasteiger partial charge on any atom is -0.416 e. The van der Waals surface area contributed by atoms with Gasteiger partial charge < -0.3 is 9.73 Å². The minimum atomic E-state index is 0.282. The Balaban J connectivity index is 2.29. The van der Waals surface area contributed by atoms with Crippen molar-refractivity contribution in [2.45, 2.75) is 36.9 Å². The Morgan fingerprint density at radius 3 is 2.84 bits per heavy atom. The highest BCUT2D eigenvalue weighted by Gasteiger charge is 2.14. The van der Waals surface area contributed by atoms with E-state index >= 15 is 0 Å². The number of aromatic nitrogens is 2. The smallest absolute Gasteiger partial charge is 0.281 e. The normalized spacial score (nSPS) is 12.6. The van der Waals surface area contributed by atoms with Crippen LogP contribution < -0.4 is 5.32 Å². The zero-order chi connectivity index (χ0) is 13.8. The van der Waals surface area contributed by atoms with Gasteiger partial charge in [-0.15, -0.1) is 10.2 Å². The van der Waals surface area contributed by atoms with Crippen LogP contribution in [0.15, 0.2) is 37.2 Å². The summed E-state index contributed by atoms with van der Waals surface area (Å²) in [6, 6.07) is 6.52. The van der Waals surface area contributed by atoms with Gasteiger partial charge in [-0.1, -0.05) is 28.9 Å². The summed E-state index contributed by atoms with van der Waals surface area (Å²) >= 11 is 5.00. The Kier molecular flexibility index (Phi) is 5.01. The summed E-state index contributed by atoms with van der Waals surface area (Å²) in [7, 11) is 0. The van der Waals surface area contributed by atoms with Crippen molar-refractivity contribution < 1.29 is 4.42 Å². The maximum absolute atomic E-state index is 5.43. The number of hydrogen-bond acceptors (Lipinski definition) is 5. The number of nitrogens with zero attached hydrogens (tertiary/aromatic N) is 2. The molecule has 6 heteroatoms. The van der Waals surface area contributed by atoms with E-state index in [0.29, 0.717) is 11.1 Å². The molecule has 0 aliphatic carbocycles. The van der Waals surface area contributed by atoms with Crippen LogP contribution in [0.2, 0.25) is 0 Å². The van der Waals surface area contributed by atoms with Crippen molar-refractivity contribution in [3.05, 3.63) is 34.1 Å². The van der Waals surface area contributed by atoms with Crippen molar-refractivity contribution in [3.63, 3.8) is 0 Å². The van der Waals surface area contributed by atoms with E-state index < -0.39 is 0 Å². The molecule has 0 aliphatic rings. The molecule has 2 aromatic rings. The molecule has 0 fully saturated rings. The average molecular weight is 342 g/mol. The lowest BCUT2D eigenvalue weighted by atomic mass is 10.1. The molecule has 0 amide bonds. The zero-order valence-electron chi connectivity index (χ0n) is 11.1. The summed E-state index contributed by atoms with van der Waals surface area (Å²) in [5.41, 5.74) is 1.23. The topological polar surface area (TPSA) is 51.0 Å². The second kappa shape index (κ2) is 6.54. The zero-order valence-corrected chi connectivity index (χ0v) is 13.5. The van der Waals surface area contributed by atoms with Crippen LogP contribution in [0.25, 0.3) is 0 Å². The van der Waals surface area contributed by atoms with E-state index in [-0.39, 0.29) is 6.04 Å². The molecule has 102 valence electrons. The highest BCUT2D eigenvalue weighted by atomic mass is 79.9. The SMILES string of the molecule is CCNC(C)c1ccc(Br)cc1Sc1nnc(C)o1. The molecule has 0 radical (unpaired) electrons. The molecular formula is C13H16BrN3OS. The number of halogens is 1. The van der Waals surface area contributed by atoms with Crippen molar-refractivity contribution in [3.8, 4) is 0 Å². The van der Waals surface area contributed by atoms with Gasteiger partial charge in [0.05, 0.1) is 0 Å². The number of hydrogen-bond donors (Lipinski definition) is 1. The number of aryl methyl sites for hydroxylation is 1. The maximum atomic E-state index is 5.43. The molecule has 0 bridgehead atoms. The van der Waals surface area contributed by atoms with E-state index in [1.54, 1.807) is 6.92 Å². The van der Waals surface area contributed by atoms with Crippen molar-refractivity contribution in [2.24, 2.45) is 0 Å². The van der Waals surface area contributed by atoms with Crippen LogP contribution >= 0.6 is 27.7 Å². The van der Waals surface area contributed by atoms with Gasteiger partial charge in [0.25, 0.3) is 5.22 Å². The summed E-state index contributed by atoms with van der Waals surface area (Å²) in [4.78, 5) is 1.12. The maximum Gasteiger partial charge on any atom is 0.281 e. The molecule has 4 nitrogen and oxygen atoms in total. The van der Waals surface area contributed by atoms with E-state index in [2.05, 4.69) is 57.4 Å². The molecule has 2 rings (SSSR count). The fourth-order valence-electron chi connectivity index (χ4n) is 1.78. The first-order valence-electron chi connectivity index (χ1n) is 6.11. The van der Waals surface area contributed by atoms with Gasteiger partial charge in [-0.2, -0.15) is 0 Å². The Morgan fingerprint density at radius 2 is 2.21 bits per heavy atom. The van der Waals surface area contributed by atoms with Crippen LogP contribution in [0.5, 0.6) is 0 Å². The Labute approximate surface area is 125 Å². The molecular weight excluding hydrogens is 326 g/mol. The largest absolute Gasteiger partial charge is 0.416 e. The second-order valence-corrected chi connectivity index (χ2v) is 6.06. The third kappa shape index (κ3) is 3.81. The van der Waals surface area contributed by atoms with Crippen LogP contribution in [0.1, 0.15) is 31.3 Å². The van der Waals surface area contributed by atoms with Gasteiger partial charge in [-0.25, -0.2) is 0 Å². The molecule has 1 aromatic carbocycles. The van der Waals surface area contributed by atoms with E-state index in [1.807, 2.05) is 6.07 Å². The Bertz CT molecular complexity index is 559. The van der Waals surface area contributed by atoms with Gasteiger partial charge >= 0.3 is 0 Å². The van der Waals surface area contributed by atoms with Crippen LogP contribution in [0.4, 0.5) is 0 Å². The summed E-state index contributed by atoms with van der Waals surface area (Å²) in [6.45, 7) is 6.97. The fraction of sp³-hybridized carbons (Fsp3) is 0.385. The molecule has 1 N–H and O–H groups in total. The third-order valence-electron chi connectivity index (χ3n) is 2.66. The van der Waals surface area contributed by atoms with Gasteiger partial charge in [-0.05, 0) is 42.9 Å². The Hall–Kier alpha value is -0.850. The molecule has 19 heavy (non-hydrogen) atoms. The van der Waals surface area contributed by atoms with E-state index in [4.69, 9.17) is 4.42 Å². The highest BCUT2D eigenvalue weighted by molar-refractivity contribution is 9.10. The van der Waals surface area contributed by atoms with Crippen molar-refractivity contribution in [2.75, 3.05) is 6.54 Å². The van der Waals surface area contributed by atoms with Gasteiger partial charge in [0, 0.05) is 22.3 Å². The summed E-state index contributed by atoms with van der Waals surface area (Å²) in [5.74, 6) is 0.582. The highest BCUT2D eigenvalue weighted by Crippen LogP contribution is 2.34. The lowest BCUT2D eigenvalue weighted by Gasteiger charge is -2.16. The quantitative estimate of drug-likeness (QED) is 0.891. The third-order valence-corrected chi connectivity index (χ3v) is 4.06. The van der Waals surface area contributed by atoms with E-state index in [0.717, 1.165) is 15.9 Å². The first-order valence-corrected chi connectivity index (χ1v) is 7.72. The molecule has 0 saturated carbocycles. The Morgan fingerprint density at radius 1 is 1.42 bits per heavy atom. The summed E-state index contributed by atoms with van der Waals surface area (Å²) < 4.78 is 6.47. The standard InChI is InChI=1S/C13H16BrN3OS/c1-4-15-8(2)11-6-5-10(14)7-12(11)19-13-17-16-9(3)18-13/h5-8,15H,4H2,1-3H3. The second-order valence-electron chi connectivity index (χ2n) is 4.15. The van der Waals surface area contributed by atoms with Crippen LogP contribution in [0.3, 0.4) is 0 Å². The minimum absolute atomic E-state index is 0.282. The first kappa shape index (κ1) is 14.6. The monoisotopic (exact) mass is 341 g/mol. The van der Waals surface area contributed by atoms with Crippen molar-refractivity contribution >= 4 is 27.7 Å². The molecule has 1 heterocycles. The van der Waals surface area contributed by atoms with Crippen molar-refractivity contribution in [1.82, 2.24) is 15.5 Å². The fourth-order valence-corrected chi connectivity index (χ4v) is 3.28. The number of rotatable bonds is 5. The number of nitrogens with one attached hydrogen (secondary N) is 1. The van der Waals surface area contributed by atoms with Crippen molar-refractivity contribution in [1.29, 1.82) is 0 Å². The van der Waals surface area contributed by atoms with Gasteiger partial charge in [0.15, 0.2) is 0 Å². The first-order chi connectivity index (χ1) is 9.10. The molecule has 1 aromatic heterocycles. The van der Waals surface area contributed by atoms with Crippen LogP contribution in [-0.4, -0.2) is 16.7 Å². The summed E-state index contributed by atoms with van der Waals surface area (Å²) in [6.07, 6.45) is 0. The molecule has 1 unspecified atom stereocenters. The molecule has 0 aliphatic heterocycles. The predicted octanol–water partition coefficient (Wildman–Crippen LogP) is 3.96. The van der Waals surface area contributed by atoms with Gasteiger partial charge in [0.1, 0.15) is 0 Å². The van der Waals surface area contributed by atoms with Gasteiger partial charge in [0.2, 0.25) is 5.89 Å². The van der Waals surface area contributed by atoms with Gasteiger partial charge in [-0.3, -0.25) is 0 Å². The predicted molar refractivity (Wildman–Crippen MR) is 79.4 cm³/mol. The summed E-state index contributed by atoms with van der Waals surface area (Å²) in [5, 5.41) is 11.9. The van der Waals surface area contributed by atoms with E-state index in [1.165, 1.54) is 17.3 Å². The lowest BCUT2D eigenvalue weighted by molar-refractivity contribution is 0.429. The van der Waals surface area contributed by atoms with Crippen LogP contribution in [0, 0.1) is 6.92 Å². The average Bonchev–Trinajstić information content (AvgIpc) is 2.75. The molecule has 1 atom stereocenters. The van der Waals surface area contributed by atoms with Crippen LogP contribution in [-0.2, 0) is 0 Å².